The van der Waals surface area contributed by atoms with Gasteiger partial charge in [0.05, 0.1) is 26.4 Å². The summed E-state index contributed by atoms with van der Waals surface area (Å²) in [7, 11) is -9.90. The van der Waals surface area contributed by atoms with Crippen LogP contribution in [0.3, 0.4) is 0 Å². The Balaban J connectivity index is 5.19. The number of aliphatic hydroxyl groups excluding tert-OH is 1. The van der Waals surface area contributed by atoms with E-state index in [1.807, 2.05) is 0 Å². The molecule has 0 rings (SSSR count). The average Bonchev–Trinajstić information content (AvgIpc) is 2.36. The Bertz CT molecular complexity index is 1800. The molecule has 0 aliphatic heterocycles. The second kappa shape index (κ2) is 66.0. The Labute approximate surface area is 568 Å². The Morgan fingerprint density at radius 3 is 0.731 bits per heavy atom. The summed E-state index contributed by atoms with van der Waals surface area (Å²) < 4.78 is 68.3. The van der Waals surface area contributed by atoms with Crippen molar-refractivity contribution in [2.45, 2.75) is 400 Å². The summed E-state index contributed by atoms with van der Waals surface area (Å²) in [5, 5.41) is 10.6. The Kier molecular flexibility index (Phi) is 64.6. The Morgan fingerprint density at radius 2 is 0.495 bits per heavy atom. The van der Waals surface area contributed by atoms with Crippen LogP contribution in [0.2, 0.25) is 0 Å². The first-order valence-corrected chi connectivity index (χ1v) is 41.5. The van der Waals surface area contributed by atoms with Crippen LogP contribution in [0.25, 0.3) is 0 Å². The van der Waals surface area contributed by atoms with Crippen LogP contribution >= 0.6 is 15.6 Å². The van der Waals surface area contributed by atoms with Crippen molar-refractivity contribution in [1.82, 2.24) is 0 Å². The van der Waals surface area contributed by atoms with Gasteiger partial charge in [0.15, 0.2) is 12.2 Å². The summed E-state index contributed by atoms with van der Waals surface area (Å²) in [6, 6.07) is 0. The number of aliphatic hydroxyl groups is 1. The molecule has 0 aromatic carbocycles. The van der Waals surface area contributed by atoms with Gasteiger partial charge in [0.1, 0.15) is 19.3 Å². The standard InChI is InChI=1S/C74H144O17P2/c1-7-9-11-13-15-30-38-44-50-56-71(76)84-62-69(90-73(78)58-52-46-40-31-16-14-12-10-8-2)64-88-92(80,81)86-60-68(75)61-87-93(82,83)89-65-70(63-85-72(77)57-51-45-39-34-28-25-21-23-27-33-37-43-49-55-67(5)6)91-74(79)59-53-47-41-35-29-24-20-18-17-19-22-26-32-36-42-48-54-66(3)4/h66-70,75H,7-65H2,1-6H3,(H,80,81)(H,82,83)/t68-,69+,70+/m0/s1. The Hall–Kier alpha value is -1.94. The van der Waals surface area contributed by atoms with Crippen LogP contribution < -0.4 is 0 Å². The first kappa shape index (κ1) is 91.1. The molecule has 0 aliphatic carbocycles. The molecule has 0 fully saturated rings. The smallest absolute Gasteiger partial charge is 0.462 e. The second-order valence-corrected chi connectivity index (χ2v) is 30.5. The maximum Gasteiger partial charge on any atom is 0.472 e. The molecule has 552 valence electrons. The minimum absolute atomic E-state index is 0.106. The number of hydrogen-bond acceptors (Lipinski definition) is 15. The monoisotopic (exact) mass is 1370 g/mol. The van der Waals surface area contributed by atoms with Crippen molar-refractivity contribution >= 4 is 39.5 Å². The predicted octanol–water partition coefficient (Wildman–Crippen LogP) is 21.6. The third-order valence-corrected chi connectivity index (χ3v) is 19.1. The fourth-order valence-electron chi connectivity index (χ4n) is 11.3. The molecule has 2 unspecified atom stereocenters. The fraction of sp³-hybridized carbons (Fsp3) is 0.946. The molecular weight excluding hydrogens is 1220 g/mol. The first-order chi connectivity index (χ1) is 44.9. The van der Waals surface area contributed by atoms with E-state index in [9.17, 15) is 43.2 Å². The fourth-order valence-corrected chi connectivity index (χ4v) is 12.9. The highest BCUT2D eigenvalue weighted by atomic mass is 31.2. The van der Waals surface area contributed by atoms with Gasteiger partial charge >= 0.3 is 39.5 Å². The molecule has 0 saturated carbocycles. The maximum atomic E-state index is 13.1. The summed E-state index contributed by atoms with van der Waals surface area (Å²) in [5.41, 5.74) is 0. The van der Waals surface area contributed by atoms with Crippen LogP contribution in [0.1, 0.15) is 382 Å². The highest BCUT2D eigenvalue weighted by Gasteiger charge is 2.30. The van der Waals surface area contributed by atoms with Gasteiger partial charge in [0.2, 0.25) is 0 Å². The maximum absolute atomic E-state index is 13.1. The molecule has 0 radical (unpaired) electrons. The number of hydrogen-bond donors (Lipinski definition) is 3. The molecule has 0 spiro atoms. The van der Waals surface area contributed by atoms with E-state index in [0.29, 0.717) is 25.7 Å². The minimum atomic E-state index is -4.95. The lowest BCUT2D eigenvalue weighted by atomic mass is 10.0. The van der Waals surface area contributed by atoms with E-state index in [2.05, 4.69) is 41.5 Å². The summed E-state index contributed by atoms with van der Waals surface area (Å²) in [6.45, 7) is 9.60. The predicted molar refractivity (Wildman–Crippen MR) is 377 cm³/mol. The zero-order chi connectivity index (χ0) is 68.6. The summed E-state index contributed by atoms with van der Waals surface area (Å²) >= 11 is 0. The topological polar surface area (TPSA) is 237 Å². The molecule has 0 aromatic rings. The molecular formula is C74H144O17P2. The molecule has 17 nitrogen and oxygen atoms in total. The largest absolute Gasteiger partial charge is 0.472 e. The van der Waals surface area contributed by atoms with Crippen LogP contribution in [-0.2, 0) is 65.4 Å². The quantitative estimate of drug-likeness (QED) is 0.0222. The van der Waals surface area contributed by atoms with Crippen LogP contribution in [0.5, 0.6) is 0 Å². The van der Waals surface area contributed by atoms with Crippen molar-refractivity contribution in [2.75, 3.05) is 39.6 Å². The first-order valence-electron chi connectivity index (χ1n) is 38.5. The van der Waals surface area contributed by atoms with Gasteiger partial charge in [-0.25, -0.2) is 9.13 Å². The van der Waals surface area contributed by atoms with E-state index in [1.165, 1.54) is 199 Å². The third-order valence-electron chi connectivity index (χ3n) is 17.2. The second-order valence-electron chi connectivity index (χ2n) is 27.6. The lowest BCUT2D eigenvalue weighted by Crippen LogP contribution is -2.30. The number of esters is 4. The number of phosphoric acid groups is 2. The van der Waals surface area contributed by atoms with Crippen molar-refractivity contribution in [2.24, 2.45) is 11.8 Å². The van der Waals surface area contributed by atoms with E-state index >= 15 is 0 Å². The zero-order valence-corrected chi connectivity index (χ0v) is 62.3. The van der Waals surface area contributed by atoms with Crippen LogP contribution in [0, 0.1) is 11.8 Å². The Morgan fingerprint density at radius 1 is 0.290 bits per heavy atom. The number of ether oxygens (including phenoxy) is 4. The van der Waals surface area contributed by atoms with Crippen molar-refractivity contribution in [3.8, 4) is 0 Å². The number of unbranched alkanes of at least 4 members (excludes halogenated alkanes) is 43. The zero-order valence-electron chi connectivity index (χ0n) is 60.6. The lowest BCUT2D eigenvalue weighted by Gasteiger charge is -2.21. The summed E-state index contributed by atoms with van der Waals surface area (Å²) in [4.78, 5) is 72.6. The molecule has 93 heavy (non-hydrogen) atoms. The molecule has 19 heteroatoms. The van der Waals surface area contributed by atoms with Crippen molar-refractivity contribution in [3.05, 3.63) is 0 Å². The molecule has 5 atom stereocenters. The van der Waals surface area contributed by atoms with Gasteiger partial charge in [-0.05, 0) is 37.5 Å². The van der Waals surface area contributed by atoms with E-state index in [-0.39, 0.29) is 25.7 Å². The molecule has 0 bridgehead atoms. The van der Waals surface area contributed by atoms with Crippen LogP contribution in [-0.4, -0.2) is 96.7 Å². The number of carbonyl (C=O) groups is 4. The number of phosphoric ester groups is 2. The number of carbonyl (C=O) groups excluding carboxylic acids is 4. The van der Waals surface area contributed by atoms with Gasteiger partial charge in [-0.2, -0.15) is 0 Å². The van der Waals surface area contributed by atoms with Gasteiger partial charge in [-0.15, -0.1) is 0 Å². The van der Waals surface area contributed by atoms with Gasteiger partial charge in [-0.1, -0.05) is 330 Å². The molecule has 0 amide bonds. The molecule has 3 N–H and O–H groups in total. The van der Waals surface area contributed by atoms with E-state index in [1.54, 1.807) is 0 Å². The van der Waals surface area contributed by atoms with E-state index in [4.69, 9.17) is 37.0 Å². The minimum Gasteiger partial charge on any atom is -0.462 e. The lowest BCUT2D eigenvalue weighted by molar-refractivity contribution is -0.161. The van der Waals surface area contributed by atoms with E-state index in [0.717, 1.165) is 102 Å². The van der Waals surface area contributed by atoms with Crippen molar-refractivity contribution in [1.29, 1.82) is 0 Å². The van der Waals surface area contributed by atoms with Gasteiger partial charge in [0.25, 0.3) is 0 Å². The van der Waals surface area contributed by atoms with Gasteiger partial charge in [0, 0.05) is 25.7 Å². The van der Waals surface area contributed by atoms with Crippen LogP contribution in [0.4, 0.5) is 0 Å². The third kappa shape index (κ3) is 68.4. The normalized spacial score (nSPS) is 14.1. The summed E-state index contributed by atoms with van der Waals surface area (Å²) in [5.74, 6) is -0.520. The summed E-state index contributed by atoms with van der Waals surface area (Å²) in [6.07, 6.45) is 52.8. The average molecular weight is 1370 g/mol. The van der Waals surface area contributed by atoms with Gasteiger partial charge in [-0.3, -0.25) is 37.3 Å². The van der Waals surface area contributed by atoms with Crippen LogP contribution in [0.15, 0.2) is 0 Å². The molecule has 0 aliphatic rings. The van der Waals surface area contributed by atoms with Gasteiger partial charge < -0.3 is 33.8 Å². The van der Waals surface area contributed by atoms with Crippen molar-refractivity contribution < 1.29 is 80.2 Å². The molecule has 0 heterocycles. The molecule has 0 aromatic heterocycles. The molecule has 0 saturated heterocycles. The highest BCUT2D eigenvalue weighted by Crippen LogP contribution is 2.45. The van der Waals surface area contributed by atoms with Crippen molar-refractivity contribution in [3.63, 3.8) is 0 Å². The number of rotatable bonds is 73. The SMILES string of the molecule is CCCCCCCCCCCC(=O)OC[C@H](COP(=O)(O)OC[C@H](O)COP(=O)(O)OC[C@@H](COC(=O)CCCCCCCCCCCCCCCC(C)C)OC(=O)CCCCCCCCCCCCCCCCCCC(C)C)OC(=O)CCCCCCCCCCC. The highest BCUT2D eigenvalue weighted by molar-refractivity contribution is 7.47. The van der Waals surface area contributed by atoms with E-state index < -0.39 is 97.5 Å².